The fourth-order valence-electron chi connectivity index (χ4n) is 2.25. The largest absolute Gasteiger partial charge is 0.361 e. The summed E-state index contributed by atoms with van der Waals surface area (Å²) >= 11 is 0. The van der Waals surface area contributed by atoms with Gasteiger partial charge in [-0.25, -0.2) is 4.98 Å². The average Bonchev–Trinajstić information content (AvgIpc) is 3.09. The van der Waals surface area contributed by atoms with Crippen molar-refractivity contribution >= 4 is 10.9 Å². The molecular formula is C14H17N5. The second-order valence-electron chi connectivity index (χ2n) is 4.57. The molecule has 3 N–H and O–H groups in total. The quantitative estimate of drug-likeness (QED) is 0.590. The molecule has 0 spiro atoms. The van der Waals surface area contributed by atoms with Crippen LogP contribution in [0.1, 0.15) is 17.8 Å². The van der Waals surface area contributed by atoms with Gasteiger partial charge < -0.3 is 10.3 Å². The summed E-state index contributed by atoms with van der Waals surface area (Å²) in [7, 11) is 0. The first-order chi connectivity index (χ1) is 9.43. The van der Waals surface area contributed by atoms with E-state index >= 15 is 0 Å². The Kier molecular flexibility index (Phi) is 3.56. The van der Waals surface area contributed by atoms with Crippen LogP contribution < -0.4 is 5.32 Å². The lowest BCUT2D eigenvalue weighted by molar-refractivity contribution is 0.641. The molecule has 5 heteroatoms. The summed E-state index contributed by atoms with van der Waals surface area (Å²) in [5, 5.41) is 11.4. The Hall–Kier alpha value is -2.14. The van der Waals surface area contributed by atoms with Crippen LogP contribution in [0.5, 0.6) is 0 Å². The van der Waals surface area contributed by atoms with E-state index in [1.807, 2.05) is 6.20 Å². The number of nitrogens with one attached hydrogen (secondary N) is 3. The third-order valence-corrected chi connectivity index (χ3v) is 3.22. The van der Waals surface area contributed by atoms with Gasteiger partial charge in [0, 0.05) is 24.7 Å². The number of hydrogen-bond donors (Lipinski definition) is 3. The van der Waals surface area contributed by atoms with E-state index in [0.717, 1.165) is 31.8 Å². The van der Waals surface area contributed by atoms with Gasteiger partial charge in [-0.1, -0.05) is 18.2 Å². The minimum atomic E-state index is 0.883. The monoisotopic (exact) mass is 255 g/mol. The molecule has 2 heterocycles. The lowest BCUT2D eigenvalue weighted by atomic mass is 10.1. The predicted octanol–water partition coefficient (Wildman–Crippen LogP) is 2.01. The number of aryl methyl sites for hydroxylation is 1. The van der Waals surface area contributed by atoms with Gasteiger partial charge in [0.15, 0.2) is 0 Å². The van der Waals surface area contributed by atoms with E-state index in [2.05, 4.69) is 49.7 Å². The van der Waals surface area contributed by atoms with Crippen LogP contribution in [-0.4, -0.2) is 26.7 Å². The Balaban J connectivity index is 1.48. The van der Waals surface area contributed by atoms with Crippen molar-refractivity contribution in [3.05, 3.63) is 48.2 Å². The highest BCUT2D eigenvalue weighted by Crippen LogP contribution is 2.16. The molecule has 0 atom stereocenters. The van der Waals surface area contributed by atoms with Crippen molar-refractivity contribution in [2.24, 2.45) is 0 Å². The highest BCUT2D eigenvalue weighted by Gasteiger charge is 2.01. The molecule has 0 saturated heterocycles. The van der Waals surface area contributed by atoms with Crippen molar-refractivity contribution in [1.82, 2.24) is 25.5 Å². The van der Waals surface area contributed by atoms with Crippen molar-refractivity contribution in [2.45, 2.75) is 19.4 Å². The number of fused-ring (bicyclic) bond motifs is 1. The van der Waals surface area contributed by atoms with Gasteiger partial charge in [-0.15, -0.1) is 0 Å². The third-order valence-electron chi connectivity index (χ3n) is 3.22. The second-order valence-corrected chi connectivity index (χ2v) is 4.57. The van der Waals surface area contributed by atoms with Crippen molar-refractivity contribution in [2.75, 3.05) is 6.54 Å². The van der Waals surface area contributed by atoms with Crippen molar-refractivity contribution in [1.29, 1.82) is 0 Å². The number of H-pyrrole nitrogens is 2. The van der Waals surface area contributed by atoms with Gasteiger partial charge in [-0.3, -0.25) is 5.10 Å². The Morgan fingerprint density at radius 3 is 3.11 bits per heavy atom. The molecule has 0 radical (unpaired) electrons. The molecule has 0 saturated carbocycles. The summed E-state index contributed by atoms with van der Waals surface area (Å²) in [4.78, 5) is 7.39. The van der Waals surface area contributed by atoms with Gasteiger partial charge in [-0.05, 0) is 30.0 Å². The molecule has 5 nitrogen and oxygen atoms in total. The van der Waals surface area contributed by atoms with Gasteiger partial charge in [0.1, 0.15) is 12.2 Å². The number of nitrogens with zero attached hydrogens (tertiary/aromatic N) is 2. The highest BCUT2D eigenvalue weighted by molar-refractivity contribution is 5.82. The van der Waals surface area contributed by atoms with Gasteiger partial charge in [0.05, 0.1) is 0 Å². The molecule has 98 valence electrons. The molecule has 0 amide bonds. The van der Waals surface area contributed by atoms with E-state index in [1.54, 1.807) is 6.33 Å². The first-order valence-corrected chi connectivity index (χ1v) is 6.53. The molecule has 0 aliphatic heterocycles. The summed E-state index contributed by atoms with van der Waals surface area (Å²) in [6.07, 6.45) is 5.52. The maximum atomic E-state index is 4.11. The first kappa shape index (κ1) is 11.9. The second kappa shape index (κ2) is 5.67. The summed E-state index contributed by atoms with van der Waals surface area (Å²) in [5.74, 6) is 0.952. The number of benzene rings is 1. The number of aromatic nitrogens is 4. The molecule has 0 bridgehead atoms. The van der Waals surface area contributed by atoms with Crippen LogP contribution in [0.4, 0.5) is 0 Å². The normalized spacial score (nSPS) is 11.2. The van der Waals surface area contributed by atoms with Crippen LogP contribution in [0.2, 0.25) is 0 Å². The SMILES string of the molecule is c1cc(CNCCCc2ncn[nH]2)c2[nH]ccc2c1. The van der Waals surface area contributed by atoms with Gasteiger partial charge in [0.25, 0.3) is 0 Å². The topological polar surface area (TPSA) is 69.4 Å². The molecule has 0 aliphatic carbocycles. The Morgan fingerprint density at radius 2 is 2.21 bits per heavy atom. The van der Waals surface area contributed by atoms with Gasteiger partial charge in [-0.2, -0.15) is 5.10 Å². The van der Waals surface area contributed by atoms with Gasteiger partial charge >= 0.3 is 0 Å². The summed E-state index contributed by atoms with van der Waals surface area (Å²) in [6.45, 7) is 1.85. The van der Waals surface area contributed by atoms with Crippen LogP contribution in [0.3, 0.4) is 0 Å². The Labute approximate surface area is 111 Å². The Morgan fingerprint density at radius 1 is 1.21 bits per heavy atom. The molecule has 2 aromatic heterocycles. The van der Waals surface area contributed by atoms with Crippen LogP contribution in [0.15, 0.2) is 36.8 Å². The zero-order valence-corrected chi connectivity index (χ0v) is 10.7. The van der Waals surface area contributed by atoms with E-state index in [-0.39, 0.29) is 0 Å². The summed E-state index contributed by atoms with van der Waals surface area (Å²) in [5.41, 5.74) is 2.53. The predicted molar refractivity (Wildman–Crippen MR) is 74.7 cm³/mol. The first-order valence-electron chi connectivity index (χ1n) is 6.53. The molecule has 0 aliphatic rings. The van der Waals surface area contributed by atoms with Crippen LogP contribution in [0, 0.1) is 0 Å². The van der Waals surface area contributed by atoms with Gasteiger partial charge in [0.2, 0.25) is 0 Å². The maximum absolute atomic E-state index is 4.11. The van der Waals surface area contributed by atoms with Crippen LogP contribution in [-0.2, 0) is 13.0 Å². The molecule has 3 rings (SSSR count). The molecule has 0 unspecified atom stereocenters. The molecule has 3 aromatic rings. The standard InChI is InChI=1S/C14H17N5/c1-3-11-6-8-16-14(11)12(4-1)9-15-7-2-5-13-17-10-18-19-13/h1,3-4,6,8,10,15-16H,2,5,7,9H2,(H,17,18,19). The third kappa shape index (κ3) is 2.82. The number of para-hydroxylation sites is 1. The number of hydrogen-bond acceptors (Lipinski definition) is 3. The number of rotatable bonds is 6. The number of aromatic amines is 2. The summed E-state index contributed by atoms with van der Waals surface area (Å²) in [6, 6.07) is 8.48. The highest BCUT2D eigenvalue weighted by atomic mass is 15.2. The molecular weight excluding hydrogens is 238 g/mol. The summed E-state index contributed by atoms with van der Waals surface area (Å²) < 4.78 is 0. The zero-order chi connectivity index (χ0) is 12.9. The van der Waals surface area contributed by atoms with Crippen molar-refractivity contribution in [3.63, 3.8) is 0 Å². The van der Waals surface area contributed by atoms with E-state index < -0.39 is 0 Å². The lowest BCUT2D eigenvalue weighted by Gasteiger charge is -2.05. The fourth-order valence-corrected chi connectivity index (χ4v) is 2.25. The smallest absolute Gasteiger partial charge is 0.137 e. The zero-order valence-electron chi connectivity index (χ0n) is 10.7. The Bertz CT molecular complexity index is 626. The average molecular weight is 255 g/mol. The lowest BCUT2D eigenvalue weighted by Crippen LogP contribution is -2.15. The fraction of sp³-hybridized carbons (Fsp3) is 0.286. The van der Waals surface area contributed by atoms with Crippen LogP contribution >= 0.6 is 0 Å². The van der Waals surface area contributed by atoms with E-state index in [0.29, 0.717) is 0 Å². The van der Waals surface area contributed by atoms with E-state index in [9.17, 15) is 0 Å². The molecule has 1 aromatic carbocycles. The van der Waals surface area contributed by atoms with E-state index in [1.165, 1.54) is 16.5 Å². The van der Waals surface area contributed by atoms with E-state index in [4.69, 9.17) is 0 Å². The molecule has 19 heavy (non-hydrogen) atoms. The maximum Gasteiger partial charge on any atom is 0.137 e. The minimum Gasteiger partial charge on any atom is -0.361 e. The van der Waals surface area contributed by atoms with Crippen molar-refractivity contribution < 1.29 is 0 Å². The van der Waals surface area contributed by atoms with Crippen LogP contribution in [0.25, 0.3) is 10.9 Å². The van der Waals surface area contributed by atoms with Crippen molar-refractivity contribution in [3.8, 4) is 0 Å². The minimum absolute atomic E-state index is 0.883. The molecule has 0 fully saturated rings.